The molecule has 1 atom stereocenters. The van der Waals surface area contributed by atoms with E-state index in [0.29, 0.717) is 6.61 Å². The molecule has 156 valence electrons. The molecule has 1 heterocycles. The first kappa shape index (κ1) is 20.8. The average Bonchev–Trinajstić information content (AvgIpc) is 2.75. The molecule has 0 bridgehead atoms. The highest BCUT2D eigenvalue weighted by Gasteiger charge is 2.29. The van der Waals surface area contributed by atoms with Crippen molar-refractivity contribution in [3.8, 4) is 5.75 Å². The van der Waals surface area contributed by atoms with Crippen molar-refractivity contribution in [2.45, 2.75) is 26.4 Å². The lowest BCUT2D eigenvalue weighted by molar-refractivity contribution is 0.174. The smallest absolute Gasteiger partial charge is 0.119 e. The molecule has 4 rings (SSSR count). The van der Waals surface area contributed by atoms with Gasteiger partial charge in [0, 0.05) is 36.9 Å². The lowest BCUT2D eigenvalue weighted by Gasteiger charge is -2.43. The van der Waals surface area contributed by atoms with Crippen molar-refractivity contribution in [1.29, 1.82) is 0 Å². The summed E-state index contributed by atoms with van der Waals surface area (Å²) in [6.45, 7) is 9.02. The van der Waals surface area contributed by atoms with Crippen LogP contribution in [0.4, 0.5) is 5.69 Å². The minimum absolute atomic E-state index is 0.276. The third-order valence-electron chi connectivity index (χ3n) is 5.80. The van der Waals surface area contributed by atoms with E-state index in [1.165, 1.54) is 22.4 Å². The summed E-state index contributed by atoms with van der Waals surface area (Å²) >= 11 is 6.02. The third-order valence-corrected chi connectivity index (χ3v) is 6.05. The normalized spacial score (nSPS) is 17.2. The molecule has 0 aliphatic carbocycles. The first-order valence-electron chi connectivity index (χ1n) is 10.6. The lowest BCUT2D eigenvalue weighted by Crippen LogP contribution is -2.55. The summed E-state index contributed by atoms with van der Waals surface area (Å²) in [4.78, 5) is 5.08. The zero-order valence-corrected chi connectivity index (χ0v) is 18.5. The Morgan fingerprint density at radius 2 is 1.57 bits per heavy atom. The fourth-order valence-electron chi connectivity index (χ4n) is 4.32. The highest BCUT2D eigenvalue weighted by molar-refractivity contribution is 6.30. The molecule has 30 heavy (non-hydrogen) atoms. The Bertz CT molecular complexity index is 938. The van der Waals surface area contributed by atoms with Crippen LogP contribution in [0.15, 0.2) is 72.8 Å². The van der Waals surface area contributed by atoms with Crippen LogP contribution < -0.4 is 9.64 Å². The van der Waals surface area contributed by atoms with E-state index in [0.717, 1.165) is 37.0 Å². The van der Waals surface area contributed by atoms with Crippen LogP contribution in [-0.4, -0.2) is 37.2 Å². The van der Waals surface area contributed by atoms with Crippen LogP contribution in [0.25, 0.3) is 0 Å². The number of benzene rings is 3. The van der Waals surface area contributed by atoms with Crippen LogP contribution in [0.2, 0.25) is 5.02 Å². The van der Waals surface area contributed by atoms with E-state index in [1.54, 1.807) is 0 Å². The maximum Gasteiger partial charge on any atom is 0.119 e. The first-order chi connectivity index (χ1) is 14.6. The van der Waals surface area contributed by atoms with Gasteiger partial charge in [0.05, 0.1) is 6.04 Å². The van der Waals surface area contributed by atoms with Gasteiger partial charge < -0.3 is 9.64 Å². The zero-order valence-electron chi connectivity index (χ0n) is 17.7. The van der Waals surface area contributed by atoms with Crippen LogP contribution in [0.1, 0.15) is 16.7 Å². The molecule has 4 heteroatoms. The van der Waals surface area contributed by atoms with Crippen LogP contribution >= 0.6 is 11.6 Å². The van der Waals surface area contributed by atoms with Gasteiger partial charge in [0.15, 0.2) is 0 Å². The van der Waals surface area contributed by atoms with E-state index in [4.69, 9.17) is 16.3 Å². The molecule has 0 spiro atoms. The van der Waals surface area contributed by atoms with Crippen molar-refractivity contribution in [3.63, 3.8) is 0 Å². The first-order valence-corrected chi connectivity index (χ1v) is 11.0. The highest BCUT2D eigenvalue weighted by atomic mass is 35.5. The number of hydrogen-bond donors (Lipinski definition) is 0. The van der Waals surface area contributed by atoms with Crippen molar-refractivity contribution >= 4 is 17.3 Å². The highest BCUT2D eigenvalue weighted by Crippen LogP contribution is 2.29. The second kappa shape index (κ2) is 9.55. The van der Waals surface area contributed by atoms with Gasteiger partial charge in [-0.2, -0.15) is 0 Å². The topological polar surface area (TPSA) is 15.7 Å². The Labute approximate surface area is 184 Å². The van der Waals surface area contributed by atoms with E-state index in [1.807, 2.05) is 24.3 Å². The molecule has 1 aliphatic rings. The monoisotopic (exact) mass is 420 g/mol. The molecule has 0 N–H and O–H groups in total. The summed E-state index contributed by atoms with van der Waals surface area (Å²) in [7, 11) is 0. The molecular weight excluding hydrogens is 392 g/mol. The molecule has 3 aromatic carbocycles. The largest absolute Gasteiger partial charge is 0.491 e. The van der Waals surface area contributed by atoms with Gasteiger partial charge in [-0.05, 0) is 54.8 Å². The van der Waals surface area contributed by atoms with Crippen LogP contribution in [0.5, 0.6) is 5.75 Å². The van der Waals surface area contributed by atoms with E-state index in [-0.39, 0.29) is 6.04 Å². The second-order valence-corrected chi connectivity index (χ2v) is 8.51. The summed E-state index contributed by atoms with van der Waals surface area (Å²) in [6, 6.07) is 25.2. The van der Waals surface area contributed by atoms with E-state index < -0.39 is 0 Å². The lowest BCUT2D eigenvalue weighted by atomic mass is 10.0. The maximum atomic E-state index is 6.20. The Balaban J connectivity index is 1.53. The van der Waals surface area contributed by atoms with Gasteiger partial charge in [0.25, 0.3) is 0 Å². The summed E-state index contributed by atoms with van der Waals surface area (Å²) in [5.74, 6) is 0.862. The van der Waals surface area contributed by atoms with Crippen molar-refractivity contribution in [2.24, 2.45) is 0 Å². The molecule has 3 nitrogen and oxygen atoms in total. The third kappa shape index (κ3) is 4.97. The van der Waals surface area contributed by atoms with Crippen LogP contribution in [-0.2, 0) is 6.54 Å². The molecule has 1 aliphatic heterocycles. The fourth-order valence-corrected chi connectivity index (χ4v) is 4.45. The van der Waals surface area contributed by atoms with Gasteiger partial charge in [0.1, 0.15) is 12.4 Å². The summed E-state index contributed by atoms with van der Waals surface area (Å²) in [6.07, 6.45) is 0. The van der Waals surface area contributed by atoms with Crippen molar-refractivity contribution < 1.29 is 4.74 Å². The number of nitrogens with zero attached hydrogens (tertiary/aromatic N) is 2. The number of ether oxygens (including phenoxy) is 1. The number of aryl methyl sites for hydroxylation is 2. The van der Waals surface area contributed by atoms with E-state index >= 15 is 0 Å². The Morgan fingerprint density at radius 1 is 0.867 bits per heavy atom. The van der Waals surface area contributed by atoms with E-state index in [2.05, 4.69) is 72.2 Å². The molecular formula is C26H29ClN2O. The predicted molar refractivity (Wildman–Crippen MR) is 126 cm³/mol. The quantitative estimate of drug-likeness (QED) is 0.506. The van der Waals surface area contributed by atoms with E-state index in [9.17, 15) is 0 Å². The van der Waals surface area contributed by atoms with Gasteiger partial charge in [-0.15, -0.1) is 0 Å². The SMILES string of the molecule is Cc1cccc(C)c1N1CCN(Cc2ccccc2)CC1COc1ccc(Cl)cc1. The van der Waals surface area contributed by atoms with Crippen molar-refractivity contribution in [3.05, 3.63) is 94.5 Å². The number of halogens is 1. The number of anilines is 1. The van der Waals surface area contributed by atoms with Gasteiger partial charge in [-0.3, -0.25) is 4.90 Å². The summed E-state index contributed by atoms with van der Waals surface area (Å²) < 4.78 is 6.20. The molecule has 0 radical (unpaired) electrons. The minimum Gasteiger partial charge on any atom is -0.491 e. The standard InChI is InChI=1S/C26H29ClN2O/c1-20-7-6-8-21(2)26(20)29-16-15-28(17-22-9-4-3-5-10-22)18-24(29)19-30-25-13-11-23(27)12-14-25/h3-14,24H,15-19H2,1-2H3. The molecule has 1 saturated heterocycles. The Morgan fingerprint density at radius 3 is 2.27 bits per heavy atom. The van der Waals surface area contributed by atoms with Gasteiger partial charge in [-0.25, -0.2) is 0 Å². The predicted octanol–water partition coefficient (Wildman–Crippen LogP) is 5.73. The Hall–Kier alpha value is -2.49. The number of hydrogen-bond acceptors (Lipinski definition) is 3. The molecule has 1 fully saturated rings. The van der Waals surface area contributed by atoms with Gasteiger partial charge in [-0.1, -0.05) is 60.1 Å². The maximum absolute atomic E-state index is 6.20. The zero-order chi connectivity index (χ0) is 20.9. The molecule has 0 amide bonds. The van der Waals surface area contributed by atoms with Crippen LogP contribution in [0, 0.1) is 13.8 Å². The summed E-state index contributed by atoms with van der Waals surface area (Å²) in [5, 5.41) is 0.728. The minimum atomic E-state index is 0.276. The van der Waals surface area contributed by atoms with Gasteiger partial charge in [0.2, 0.25) is 0 Å². The molecule has 3 aromatic rings. The molecule has 0 saturated carbocycles. The molecule has 1 unspecified atom stereocenters. The molecule has 0 aromatic heterocycles. The van der Waals surface area contributed by atoms with Crippen molar-refractivity contribution in [2.75, 3.05) is 31.1 Å². The second-order valence-electron chi connectivity index (χ2n) is 8.07. The van der Waals surface area contributed by atoms with Crippen LogP contribution in [0.3, 0.4) is 0 Å². The number of rotatable bonds is 6. The number of para-hydroxylation sites is 1. The van der Waals surface area contributed by atoms with Gasteiger partial charge >= 0.3 is 0 Å². The number of piperazine rings is 1. The fraction of sp³-hybridized carbons (Fsp3) is 0.308. The Kier molecular flexibility index (Phi) is 6.61. The summed E-state index contributed by atoms with van der Waals surface area (Å²) in [5.41, 5.74) is 5.35. The van der Waals surface area contributed by atoms with Crippen molar-refractivity contribution in [1.82, 2.24) is 4.90 Å². The average molecular weight is 421 g/mol.